The van der Waals surface area contributed by atoms with Gasteiger partial charge in [0.25, 0.3) is 0 Å². The second kappa shape index (κ2) is 8.43. The molecule has 2 N–H and O–H groups in total. The molecule has 5 heteroatoms. The molecule has 1 aromatic heterocycles. The van der Waals surface area contributed by atoms with E-state index >= 15 is 0 Å². The lowest BCUT2D eigenvalue weighted by atomic mass is 9.95. The zero-order valence-electron chi connectivity index (χ0n) is 17.0. The van der Waals surface area contributed by atoms with Gasteiger partial charge in [0.05, 0.1) is 6.04 Å². The number of benzene rings is 3. The van der Waals surface area contributed by atoms with E-state index in [0.29, 0.717) is 12.4 Å². The summed E-state index contributed by atoms with van der Waals surface area (Å²) in [5.74, 6) is -0.273. The Balaban J connectivity index is 1.80. The molecule has 0 fully saturated rings. The highest BCUT2D eigenvalue weighted by Gasteiger charge is 2.27. The molecule has 1 unspecified atom stereocenters. The lowest BCUT2D eigenvalue weighted by Crippen LogP contribution is -2.22. The summed E-state index contributed by atoms with van der Waals surface area (Å²) in [5, 5.41) is 10.7. The van der Waals surface area contributed by atoms with E-state index in [2.05, 4.69) is 4.98 Å². The molecule has 0 aliphatic heterocycles. The number of ether oxygens (including phenoxy) is 1. The Hall–Kier alpha value is -3.57. The number of hydrogen-bond donors (Lipinski definition) is 2. The van der Waals surface area contributed by atoms with Crippen molar-refractivity contribution in [2.75, 3.05) is 14.1 Å². The number of hydrogen-bond acceptors (Lipinski definition) is 3. The largest absolute Gasteiger partial charge is 0.489 e. The van der Waals surface area contributed by atoms with Crippen LogP contribution in [0.25, 0.3) is 10.9 Å². The Morgan fingerprint density at radius 2 is 1.67 bits per heavy atom. The first-order valence-corrected chi connectivity index (χ1v) is 9.81. The summed E-state index contributed by atoms with van der Waals surface area (Å²) >= 11 is 0. The summed E-state index contributed by atoms with van der Waals surface area (Å²) in [7, 11) is 3.91. The van der Waals surface area contributed by atoms with Crippen molar-refractivity contribution in [3.8, 4) is 5.75 Å². The number of H-pyrrole nitrogens is 1. The van der Waals surface area contributed by atoms with E-state index in [-0.39, 0.29) is 11.7 Å². The van der Waals surface area contributed by atoms with Crippen LogP contribution in [0, 0.1) is 0 Å². The molecule has 0 bridgehead atoms. The Morgan fingerprint density at radius 3 is 2.30 bits per heavy atom. The maximum Gasteiger partial charge on any atom is 0.352 e. The van der Waals surface area contributed by atoms with E-state index < -0.39 is 5.97 Å². The first-order chi connectivity index (χ1) is 14.5. The summed E-state index contributed by atoms with van der Waals surface area (Å²) in [4.78, 5) is 17.2. The number of carboxylic acid groups (broad SMARTS) is 1. The molecule has 0 amide bonds. The number of carbonyl (C=O) groups is 1. The summed E-state index contributed by atoms with van der Waals surface area (Å²) in [6.07, 6.45) is 0. The normalized spacial score (nSPS) is 12.2. The zero-order chi connectivity index (χ0) is 21.1. The molecule has 1 heterocycles. The monoisotopic (exact) mass is 400 g/mol. The highest BCUT2D eigenvalue weighted by Crippen LogP contribution is 2.37. The Kier molecular flexibility index (Phi) is 5.55. The summed E-state index contributed by atoms with van der Waals surface area (Å²) in [5.41, 5.74) is 3.82. The Labute approximate surface area is 175 Å². The molecule has 152 valence electrons. The minimum Gasteiger partial charge on any atom is -0.489 e. The second-order valence-electron chi connectivity index (χ2n) is 7.48. The average Bonchev–Trinajstić information content (AvgIpc) is 3.13. The number of nitrogens with one attached hydrogen (secondary N) is 1. The molecule has 0 spiro atoms. The van der Waals surface area contributed by atoms with Crippen LogP contribution in [0.5, 0.6) is 5.75 Å². The maximum atomic E-state index is 12.1. The van der Waals surface area contributed by atoms with Crippen molar-refractivity contribution in [3.05, 3.63) is 101 Å². The van der Waals surface area contributed by atoms with Crippen LogP contribution >= 0.6 is 0 Å². The molecule has 5 nitrogen and oxygen atoms in total. The van der Waals surface area contributed by atoms with Crippen LogP contribution < -0.4 is 4.74 Å². The molecule has 30 heavy (non-hydrogen) atoms. The van der Waals surface area contributed by atoms with E-state index in [1.165, 1.54) is 0 Å². The molecule has 0 aliphatic rings. The zero-order valence-corrected chi connectivity index (χ0v) is 17.0. The van der Waals surface area contributed by atoms with Gasteiger partial charge in [-0.3, -0.25) is 4.90 Å². The van der Waals surface area contributed by atoms with E-state index in [0.717, 1.165) is 27.6 Å². The number of carboxylic acids is 1. The predicted octanol–water partition coefficient (Wildman–Crippen LogP) is 5.10. The van der Waals surface area contributed by atoms with Crippen LogP contribution in [0.4, 0.5) is 0 Å². The van der Waals surface area contributed by atoms with Crippen molar-refractivity contribution >= 4 is 16.9 Å². The molecular formula is C25H24N2O3. The van der Waals surface area contributed by atoms with Crippen LogP contribution in [0.1, 0.15) is 33.2 Å². The van der Waals surface area contributed by atoms with E-state index in [9.17, 15) is 9.90 Å². The van der Waals surface area contributed by atoms with Crippen molar-refractivity contribution in [2.45, 2.75) is 12.6 Å². The lowest BCUT2D eigenvalue weighted by molar-refractivity contribution is 0.0689. The molecule has 1 atom stereocenters. The fraction of sp³-hybridized carbons (Fsp3) is 0.160. The van der Waals surface area contributed by atoms with E-state index in [1.54, 1.807) is 0 Å². The molecule has 3 aromatic carbocycles. The van der Waals surface area contributed by atoms with Crippen LogP contribution in [0.3, 0.4) is 0 Å². The quantitative estimate of drug-likeness (QED) is 0.453. The fourth-order valence-corrected chi connectivity index (χ4v) is 3.83. The first kappa shape index (κ1) is 19.7. The van der Waals surface area contributed by atoms with Gasteiger partial charge in [0, 0.05) is 16.5 Å². The van der Waals surface area contributed by atoms with Crippen LogP contribution in [-0.4, -0.2) is 35.1 Å². The number of rotatable bonds is 7. The summed E-state index contributed by atoms with van der Waals surface area (Å²) in [6.45, 7) is 0.452. The molecular weight excluding hydrogens is 376 g/mol. The first-order valence-electron chi connectivity index (χ1n) is 9.81. The van der Waals surface area contributed by atoms with Crippen LogP contribution in [-0.2, 0) is 6.61 Å². The molecule has 0 radical (unpaired) electrons. The number of fused-ring (bicyclic) bond motifs is 1. The number of aromatic carboxylic acids is 1. The fourth-order valence-electron chi connectivity index (χ4n) is 3.83. The Morgan fingerprint density at radius 1 is 1.00 bits per heavy atom. The second-order valence-corrected chi connectivity index (χ2v) is 7.48. The van der Waals surface area contributed by atoms with Crippen molar-refractivity contribution in [3.63, 3.8) is 0 Å². The van der Waals surface area contributed by atoms with Gasteiger partial charge >= 0.3 is 5.97 Å². The van der Waals surface area contributed by atoms with Gasteiger partial charge in [-0.2, -0.15) is 0 Å². The predicted molar refractivity (Wildman–Crippen MR) is 118 cm³/mol. The molecule has 4 rings (SSSR count). The lowest BCUT2D eigenvalue weighted by Gasteiger charge is -2.25. The third-order valence-electron chi connectivity index (χ3n) is 5.18. The minimum absolute atomic E-state index is 0.202. The van der Waals surface area contributed by atoms with Crippen molar-refractivity contribution < 1.29 is 14.6 Å². The van der Waals surface area contributed by atoms with Gasteiger partial charge in [-0.1, -0.05) is 60.7 Å². The third-order valence-corrected chi connectivity index (χ3v) is 5.18. The van der Waals surface area contributed by atoms with Gasteiger partial charge in [0.15, 0.2) is 0 Å². The minimum atomic E-state index is -0.976. The van der Waals surface area contributed by atoms with Crippen LogP contribution in [0.2, 0.25) is 0 Å². The highest BCUT2D eigenvalue weighted by atomic mass is 16.5. The van der Waals surface area contributed by atoms with Crippen molar-refractivity contribution in [1.82, 2.24) is 9.88 Å². The smallest absolute Gasteiger partial charge is 0.352 e. The SMILES string of the molecule is CN(C)C(c1ccccc1)c1c(C(=O)O)[nH]c2ccc(OCc3ccccc3)cc12. The third kappa shape index (κ3) is 3.93. The topological polar surface area (TPSA) is 65.6 Å². The number of nitrogens with zero attached hydrogens (tertiary/aromatic N) is 1. The van der Waals surface area contributed by atoms with Gasteiger partial charge < -0.3 is 14.8 Å². The molecule has 0 saturated carbocycles. The summed E-state index contributed by atoms with van der Waals surface area (Å²) < 4.78 is 6.00. The molecule has 0 aliphatic carbocycles. The van der Waals surface area contributed by atoms with Crippen LogP contribution in [0.15, 0.2) is 78.9 Å². The molecule has 0 saturated heterocycles. The Bertz CT molecular complexity index is 1150. The van der Waals surface area contributed by atoms with Crippen molar-refractivity contribution in [1.29, 1.82) is 0 Å². The molecule has 4 aromatic rings. The number of aromatic nitrogens is 1. The maximum absolute atomic E-state index is 12.1. The number of aromatic amines is 1. The van der Waals surface area contributed by atoms with Gasteiger partial charge in [-0.25, -0.2) is 4.79 Å². The van der Waals surface area contributed by atoms with E-state index in [1.807, 2.05) is 97.9 Å². The summed E-state index contributed by atoms with van der Waals surface area (Å²) in [6, 6.07) is 25.3. The highest BCUT2D eigenvalue weighted by molar-refractivity contribution is 5.98. The van der Waals surface area contributed by atoms with Gasteiger partial charge in [-0.05, 0) is 43.4 Å². The van der Waals surface area contributed by atoms with Gasteiger partial charge in [0.1, 0.15) is 18.1 Å². The van der Waals surface area contributed by atoms with Crippen molar-refractivity contribution in [2.24, 2.45) is 0 Å². The van der Waals surface area contributed by atoms with Gasteiger partial charge in [-0.15, -0.1) is 0 Å². The standard InChI is InChI=1S/C25H24N2O3/c1-27(2)24(18-11-7-4-8-12-18)22-20-15-19(30-16-17-9-5-3-6-10-17)13-14-21(20)26-23(22)25(28)29/h3-15,24,26H,16H2,1-2H3,(H,28,29). The van der Waals surface area contributed by atoms with Gasteiger partial charge in [0.2, 0.25) is 0 Å². The van der Waals surface area contributed by atoms with E-state index in [4.69, 9.17) is 4.74 Å². The average molecular weight is 400 g/mol.